The summed E-state index contributed by atoms with van der Waals surface area (Å²) in [4.78, 5) is 0. The van der Waals surface area contributed by atoms with Crippen LogP contribution >= 0.6 is 174 Å². The summed E-state index contributed by atoms with van der Waals surface area (Å²) in [6, 6.07) is 0. The molecular weight excluding hydrogens is 632 g/mol. The number of alkyl halides is 15. The van der Waals surface area contributed by atoms with Crippen LogP contribution in [0.25, 0.3) is 0 Å². The van der Waals surface area contributed by atoms with Gasteiger partial charge in [0.15, 0.2) is 13.0 Å². The fourth-order valence-corrected chi connectivity index (χ4v) is 4.98. The summed E-state index contributed by atoms with van der Waals surface area (Å²) in [6.45, 7) is 0. The SMILES string of the molecule is [O]C(Cl)(Cl)C(Cl)(Cl)C(Cl)(Cl)C(Cl)(Cl)C(Cl)(Cl)C(Cl)(Cl)C(Cl)(Cl)Cl. The average molecular weight is 632 g/mol. The van der Waals surface area contributed by atoms with Gasteiger partial charge < -0.3 is 0 Å². The maximum Gasteiger partial charge on any atom is 0.286 e. The molecule has 139 valence electrons. The summed E-state index contributed by atoms with van der Waals surface area (Å²) in [7, 11) is 0. The smallest absolute Gasteiger partial charge is 0.190 e. The second kappa shape index (κ2) is 7.86. The number of hydrogen-bond acceptors (Lipinski definition) is 0. The van der Waals surface area contributed by atoms with Crippen molar-refractivity contribution in [1.29, 1.82) is 0 Å². The number of rotatable bonds is 5. The maximum atomic E-state index is 11.7. The van der Waals surface area contributed by atoms with Gasteiger partial charge in [-0.2, -0.15) is 5.11 Å². The highest BCUT2D eigenvalue weighted by Crippen LogP contribution is 2.70. The Kier molecular flexibility index (Phi) is 9.33. The molecule has 0 unspecified atom stereocenters. The normalized spacial score (nSPS) is 16.7. The van der Waals surface area contributed by atoms with Crippen LogP contribution in [0.2, 0.25) is 0 Å². The largest absolute Gasteiger partial charge is 0.286 e. The Morgan fingerprint density at radius 1 is 0.348 bits per heavy atom. The molecular formula is C7Cl15O. The third kappa shape index (κ3) is 4.57. The Bertz CT molecular complexity index is 400. The third-order valence-corrected chi connectivity index (χ3v) is 11.9. The molecule has 0 amide bonds. The van der Waals surface area contributed by atoms with Crippen LogP contribution in [0.4, 0.5) is 0 Å². The van der Waals surface area contributed by atoms with E-state index in [9.17, 15) is 5.11 Å². The van der Waals surface area contributed by atoms with Crippen molar-refractivity contribution >= 4 is 174 Å². The zero-order valence-corrected chi connectivity index (χ0v) is 20.9. The lowest BCUT2D eigenvalue weighted by Gasteiger charge is -2.51. The van der Waals surface area contributed by atoms with Crippen molar-refractivity contribution < 1.29 is 5.11 Å². The molecule has 16 heteroatoms. The molecule has 1 nitrogen and oxygen atoms in total. The lowest BCUT2D eigenvalue weighted by atomic mass is 10.1. The van der Waals surface area contributed by atoms with Gasteiger partial charge in [0.1, 0.15) is 0 Å². The van der Waals surface area contributed by atoms with Gasteiger partial charge >= 0.3 is 0 Å². The molecule has 0 N–H and O–H groups in total. The predicted molar refractivity (Wildman–Crippen MR) is 108 cm³/mol. The Labute approximate surface area is 206 Å². The highest BCUT2D eigenvalue weighted by atomic mass is 35.6. The van der Waals surface area contributed by atoms with Gasteiger partial charge in [-0.1, -0.05) is 174 Å². The molecule has 1 radical (unpaired) electrons. The maximum absolute atomic E-state index is 11.7. The third-order valence-electron chi connectivity index (χ3n) is 2.30. The molecule has 0 aromatic rings. The molecule has 0 atom stereocenters. The second-order valence-corrected chi connectivity index (χ2v) is 14.1. The molecule has 0 aliphatic heterocycles. The van der Waals surface area contributed by atoms with Crippen LogP contribution in [0.5, 0.6) is 0 Å². The van der Waals surface area contributed by atoms with Crippen LogP contribution in [0.3, 0.4) is 0 Å². The van der Waals surface area contributed by atoms with Crippen LogP contribution in [0.15, 0.2) is 0 Å². The quantitative estimate of drug-likeness (QED) is 0.271. The Morgan fingerprint density at radius 3 is 0.783 bits per heavy atom. The molecule has 0 aliphatic carbocycles. The lowest BCUT2D eigenvalue weighted by Crippen LogP contribution is -2.68. The lowest BCUT2D eigenvalue weighted by molar-refractivity contribution is 0.0981. The van der Waals surface area contributed by atoms with Gasteiger partial charge in [-0.15, -0.1) is 0 Å². The first-order valence-electron chi connectivity index (χ1n) is 4.54. The van der Waals surface area contributed by atoms with Crippen molar-refractivity contribution in [3.8, 4) is 0 Å². The van der Waals surface area contributed by atoms with Crippen LogP contribution in [0.1, 0.15) is 0 Å². The Hall–Kier alpha value is 4.31. The van der Waals surface area contributed by atoms with Gasteiger partial charge in [-0.3, -0.25) is 0 Å². The first-order chi connectivity index (χ1) is 9.50. The van der Waals surface area contributed by atoms with Gasteiger partial charge in [0.2, 0.25) is 12.5 Å². The molecule has 0 heterocycles. The second-order valence-electron chi connectivity index (χ2n) is 3.89. The molecule has 0 rings (SSSR count). The number of hydrogen-bond donors (Lipinski definition) is 0. The van der Waals surface area contributed by atoms with E-state index in [0.717, 1.165) is 0 Å². The van der Waals surface area contributed by atoms with E-state index in [2.05, 4.69) is 0 Å². The van der Waals surface area contributed by atoms with E-state index in [0.29, 0.717) is 0 Å². The Balaban J connectivity index is 6.37. The summed E-state index contributed by atoms with van der Waals surface area (Å²) in [6.07, 6.45) is 0. The fourth-order valence-electron chi connectivity index (χ4n) is 0.952. The molecule has 23 heavy (non-hydrogen) atoms. The number of halogens is 15. The van der Waals surface area contributed by atoms with Crippen molar-refractivity contribution in [2.75, 3.05) is 0 Å². The van der Waals surface area contributed by atoms with Gasteiger partial charge in [-0.25, -0.2) is 0 Å². The van der Waals surface area contributed by atoms with Crippen LogP contribution in [0, 0.1) is 0 Å². The predicted octanol–water partition coefficient (Wildman–Crippen LogP) is 8.79. The Morgan fingerprint density at radius 2 is 0.565 bits per heavy atom. The summed E-state index contributed by atoms with van der Waals surface area (Å²) in [5, 5.41) is 11.7. The van der Waals surface area contributed by atoms with E-state index < -0.39 is 30.0 Å². The minimum Gasteiger partial charge on any atom is -0.190 e. The fraction of sp³-hybridized carbons (Fsp3) is 1.00. The first-order valence-corrected chi connectivity index (χ1v) is 10.2. The van der Waals surface area contributed by atoms with E-state index in [-0.39, 0.29) is 0 Å². The van der Waals surface area contributed by atoms with Crippen molar-refractivity contribution in [3.05, 3.63) is 0 Å². The zero-order valence-electron chi connectivity index (χ0n) is 9.58. The highest BCUT2D eigenvalue weighted by molar-refractivity contribution is 6.82. The average Bonchev–Trinajstić information content (AvgIpc) is 2.24. The molecule has 0 saturated carbocycles. The molecule has 0 saturated heterocycles. The topological polar surface area (TPSA) is 19.9 Å². The summed E-state index contributed by atoms with van der Waals surface area (Å²) in [5.41, 5.74) is 0. The van der Waals surface area contributed by atoms with Crippen LogP contribution in [-0.2, 0) is 5.11 Å². The summed E-state index contributed by atoms with van der Waals surface area (Å²) in [5.74, 6) is 0. The van der Waals surface area contributed by atoms with Crippen LogP contribution in [-0.4, -0.2) is 30.0 Å². The van der Waals surface area contributed by atoms with E-state index in [4.69, 9.17) is 174 Å². The first kappa shape index (κ1) is 27.3. The van der Waals surface area contributed by atoms with Crippen LogP contribution < -0.4 is 0 Å². The molecule has 0 aromatic heterocycles. The van der Waals surface area contributed by atoms with E-state index in [1.54, 1.807) is 0 Å². The monoisotopic (exact) mass is 625 g/mol. The molecule has 0 fully saturated rings. The minimum absolute atomic E-state index is 2.57. The van der Waals surface area contributed by atoms with Crippen molar-refractivity contribution in [2.24, 2.45) is 0 Å². The highest BCUT2D eigenvalue weighted by Gasteiger charge is 2.79. The zero-order chi connectivity index (χ0) is 19.5. The molecule has 0 spiro atoms. The minimum atomic E-state index is -3.25. The summed E-state index contributed by atoms with van der Waals surface area (Å²) >= 11 is 86.1. The van der Waals surface area contributed by atoms with Crippen molar-refractivity contribution in [2.45, 2.75) is 30.0 Å². The standard InChI is InChI=1S/C7Cl15O/c8-1(9,2(10,11)4(14,15)6(18,19)20)3(12,13)5(16,17)7(21,22)23. The van der Waals surface area contributed by atoms with E-state index in [1.807, 2.05) is 0 Å². The molecule has 0 aromatic carbocycles. The van der Waals surface area contributed by atoms with Gasteiger partial charge in [0.05, 0.1) is 0 Å². The molecule has 0 bridgehead atoms. The molecule has 0 aliphatic rings. The van der Waals surface area contributed by atoms with Gasteiger partial charge in [0.25, 0.3) is 4.52 Å². The summed E-state index contributed by atoms with van der Waals surface area (Å²) < 4.78 is -20.4. The van der Waals surface area contributed by atoms with Gasteiger partial charge in [-0.05, 0) is 0 Å². The van der Waals surface area contributed by atoms with E-state index >= 15 is 0 Å². The van der Waals surface area contributed by atoms with Gasteiger partial charge in [0, 0.05) is 0 Å². The van der Waals surface area contributed by atoms with Crippen molar-refractivity contribution in [3.63, 3.8) is 0 Å². The van der Waals surface area contributed by atoms with Crippen molar-refractivity contribution in [1.82, 2.24) is 0 Å². The van der Waals surface area contributed by atoms with E-state index in [1.165, 1.54) is 0 Å².